The van der Waals surface area contributed by atoms with Crippen LogP contribution in [0.25, 0.3) is 0 Å². The molecule has 0 saturated carbocycles. The van der Waals surface area contributed by atoms with E-state index in [2.05, 4.69) is 19.1 Å². The Balaban J connectivity index is 3.12. The quantitative estimate of drug-likeness (QED) is 0.253. The summed E-state index contributed by atoms with van der Waals surface area (Å²) < 4.78 is 4.89. The molecule has 0 fully saturated rings. The number of esters is 1. The van der Waals surface area contributed by atoms with E-state index in [4.69, 9.17) is 4.74 Å². The van der Waals surface area contributed by atoms with Crippen molar-refractivity contribution in [3.05, 3.63) is 12.2 Å². The van der Waals surface area contributed by atoms with Crippen molar-refractivity contribution < 1.29 is 9.53 Å². The number of carbonyl (C=O) groups is 1. The SMILES string of the molecule is CCCCC/C=C\CCCCCCCC(=O)OCC. The average Bonchev–Trinajstić information content (AvgIpc) is 2.40. The number of hydrogen-bond donors (Lipinski definition) is 0. The first-order valence-electron chi connectivity index (χ1n) is 8.11. The van der Waals surface area contributed by atoms with Gasteiger partial charge in [-0.05, 0) is 39.0 Å². The number of ether oxygens (including phenoxy) is 1. The first-order chi connectivity index (χ1) is 9.31. The van der Waals surface area contributed by atoms with Crippen LogP contribution < -0.4 is 0 Å². The first kappa shape index (κ1) is 18.2. The minimum absolute atomic E-state index is 0.0440. The van der Waals surface area contributed by atoms with Crippen molar-refractivity contribution in [2.45, 2.75) is 84.5 Å². The van der Waals surface area contributed by atoms with Gasteiger partial charge in [-0.3, -0.25) is 4.79 Å². The van der Waals surface area contributed by atoms with Crippen LogP contribution >= 0.6 is 0 Å². The fourth-order valence-electron chi connectivity index (χ4n) is 2.04. The third kappa shape index (κ3) is 15.2. The minimum atomic E-state index is -0.0440. The van der Waals surface area contributed by atoms with Crippen LogP contribution in [0.2, 0.25) is 0 Å². The van der Waals surface area contributed by atoms with Crippen LogP contribution in [0, 0.1) is 0 Å². The number of hydrogen-bond acceptors (Lipinski definition) is 2. The summed E-state index contributed by atoms with van der Waals surface area (Å²) in [6.45, 7) is 4.60. The van der Waals surface area contributed by atoms with Gasteiger partial charge < -0.3 is 4.74 Å². The summed E-state index contributed by atoms with van der Waals surface area (Å²) in [5.74, 6) is -0.0440. The van der Waals surface area contributed by atoms with E-state index in [0.717, 1.165) is 12.8 Å². The van der Waals surface area contributed by atoms with E-state index in [1.54, 1.807) is 0 Å². The van der Waals surface area contributed by atoms with Crippen LogP contribution in [-0.4, -0.2) is 12.6 Å². The standard InChI is InChI=1S/C17H32O2/c1-3-5-6-7-8-9-10-11-12-13-14-15-16-17(18)19-4-2/h8-9H,3-7,10-16H2,1-2H3/b9-8-. The maximum Gasteiger partial charge on any atom is 0.305 e. The number of unbranched alkanes of at least 4 members (excludes halogenated alkanes) is 8. The first-order valence-corrected chi connectivity index (χ1v) is 8.11. The molecule has 0 aromatic carbocycles. The zero-order valence-corrected chi connectivity index (χ0v) is 13.0. The molecule has 0 N–H and O–H groups in total. The Hall–Kier alpha value is -0.790. The molecule has 0 saturated heterocycles. The topological polar surface area (TPSA) is 26.3 Å². The Morgan fingerprint density at radius 3 is 2.05 bits per heavy atom. The fraction of sp³-hybridized carbons (Fsp3) is 0.824. The summed E-state index contributed by atoms with van der Waals surface area (Å²) in [7, 11) is 0. The Labute approximate surface area is 119 Å². The van der Waals surface area contributed by atoms with Gasteiger partial charge in [0.2, 0.25) is 0 Å². The van der Waals surface area contributed by atoms with E-state index in [1.165, 1.54) is 51.4 Å². The molecule has 0 heterocycles. The third-order valence-electron chi connectivity index (χ3n) is 3.20. The Kier molecular flexibility index (Phi) is 14.6. The van der Waals surface area contributed by atoms with Gasteiger partial charge in [0.05, 0.1) is 6.61 Å². The molecule has 19 heavy (non-hydrogen) atoms. The lowest BCUT2D eigenvalue weighted by Crippen LogP contribution is -2.03. The summed E-state index contributed by atoms with van der Waals surface area (Å²) in [5.41, 5.74) is 0. The lowest BCUT2D eigenvalue weighted by molar-refractivity contribution is -0.143. The fourth-order valence-corrected chi connectivity index (χ4v) is 2.04. The van der Waals surface area contributed by atoms with Gasteiger partial charge in [-0.1, -0.05) is 51.2 Å². The molecule has 0 aliphatic heterocycles. The van der Waals surface area contributed by atoms with Crippen LogP contribution in [0.3, 0.4) is 0 Å². The second kappa shape index (κ2) is 15.3. The molecule has 0 aliphatic carbocycles. The van der Waals surface area contributed by atoms with E-state index < -0.39 is 0 Å². The maximum atomic E-state index is 11.1. The van der Waals surface area contributed by atoms with Crippen molar-refractivity contribution in [1.82, 2.24) is 0 Å². The Morgan fingerprint density at radius 1 is 0.842 bits per heavy atom. The highest BCUT2D eigenvalue weighted by Gasteiger charge is 2.00. The van der Waals surface area contributed by atoms with Gasteiger partial charge in [0.25, 0.3) is 0 Å². The molecule has 0 rings (SSSR count). The highest BCUT2D eigenvalue weighted by Crippen LogP contribution is 2.08. The Bertz CT molecular complexity index is 221. The molecule has 2 nitrogen and oxygen atoms in total. The number of carbonyl (C=O) groups excluding carboxylic acids is 1. The largest absolute Gasteiger partial charge is 0.466 e. The van der Waals surface area contributed by atoms with E-state index in [-0.39, 0.29) is 5.97 Å². The highest BCUT2D eigenvalue weighted by atomic mass is 16.5. The number of allylic oxidation sites excluding steroid dienone is 2. The van der Waals surface area contributed by atoms with Gasteiger partial charge >= 0.3 is 5.97 Å². The van der Waals surface area contributed by atoms with Crippen LogP contribution in [0.1, 0.15) is 84.5 Å². The molecule has 0 radical (unpaired) electrons. The third-order valence-corrected chi connectivity index (χ3v) is 3.20. The van der Waals surface area contributed by atoms with Crippen LogP contribution in [0.15, 0.2) is 12.2 Å². The average molecular weight is 268 g/mol. The molecule has 0 bridgehead atoms. The van der Waals surface area contributed by atoms with Crippen LogP contribution in [0.5, 0.6) is 0 Å². The van der Waals surface area contributed by atoms with Gasteiger partial charge in [-0.25, -0.2) is 0 Å². The summed E-state index contributed by atoms with van der Waals surface area (Å²) in [4.78, 5) is 11.1. The van der Waals surface area contributed by atoms with E-state index in [0.29, 0.717) is 13.0 Å². The molecular weight excluding hydrogens is 236 g/mol. The molecule has 0 unspecified atom stereocenters. The van der Waals surface area contributed by atoms with E-state index >= 15 is 0 Å². The van der Waals surface area contributed by atoms with Crippen LogP contribution in [0.4, 0.5) is 0 Å². The molecule has 0 aromatic heterocycles. The molecule has 0 amide bonds. The normalized spacial score (nSPS) is 11.1. The lowest BCUT2D eigenvalue weighted by Gasteiger charge is -2.01. The predicted octanol–water partition coefficient (Wildman–Crippen LogP) is 5.42. The number of rotatable bonds is 13. The summed E-state index contributed by atoms with van der Waals surface area (Å²) >= 11 is 0. The van der Waals surface area contributed by atoms with Gasteiger partial charge in [-0.15, -0.1) is 0 Å². The molecule has 0 spiro atoms. The monoisotopic (exact) mass is 268 g/mol. The predicted molar refractivity (Wildman–Crippen MR) is 82.2 cm³/mol. The summed E-state index contributed by atoms with van der Waals surface area (Å²) in [6.07, 6.45) is 17.6. The smallest absolute Gasteiger partial charge is 0.305 e. The Morgan fingerprint density at radius 2 is 1.42 bits per heavy atom. The van der Waals surface area contributed by atoms with Gasteiger partial charge in [0.1, 0.15) is 0 Å². The molecule has 2 heteroatoms. The van der Waals surface area contributed by atoms with Crippen molar-refractivity contribution in [2.24, 2.45) is 0 Å². The van der Waals surface area contributed by atoms with Crippen molar-refractivity contribution in [2.75, 3.05) is 6.61 Å². The van der Waals surface area contributed by atoms with E-state index in [1.807, 2.05) is 6.92 Å². The molecule has 112 valence electrons. The summed E-state index contributed by atoms with van der Waals surface area (Å²) in [6, 6.07) is 0. The second-order valence-electron chi connectivity index (χ2n) is 5.08. The van der Waals surface area contributed by atoms with Crippen molar-refractivity contribution in [3.63, 3.8) is 0 Å². The summed E-state index contributed by atoms with van der Waals surface area (Å²) in [5, 5.41) is 0. The van der Waals surface area contributed by atoms with Gasteiger partial charge in [0.15, 0.2) is 0 Å². The van der Waals surface area contributed by atoms with Gasteiger partial charge in [0, 0.05) is 6.42 Å². The second-order valence-corrected chi connectivity index (χ2v) is 5.08. The van der Waals surface area contributed by atoms with Crippen molar-refractivity contribution in [3.8, 4) is 0 Å². The lowest BCUT2D eigenvalue weighted by atomic mass is 10.1. The minimum Gasteiger partial charge on any atom is -0.466 e. The van der Waals surface area contributed by atoms with E-state index in [9.17, 15) is 4.79 Å². The zero-order chi connectivity index (χ0) is 14.2. The molecule has 0 aromatic rings. The molecule has 0 aliphatic rings. The molecule has 0 atom stereocenters. The van der Waals surface area contributed by atoms with Crippen molar-refractivity contribution >= 4 is 5.97 Å². The van der Waals surface area contributed by atoms with Crippen LogP contribution in [-0.2, 0) is 9.53 Å². The highest BCUT2D eigenvalue weighted by molar-refractivity contribution is 5.69. The maximum absolute atomic E-state index is 11.1. The zero-order valence-electron chi connectivity index (χ0n) is 13.0. The van der Waals surface area contributed by atoms with Gasteiger partial charge in [-0.2, -0.15) is 0 Å². The van der Waals surface area contributed by atoms with Crippen molar-refractivity contribution in [1.29, 1.82) is 0 Å². The molecular formula is C17H32O2.